The van der Waals surface area contributed by atoms with Crippen molar-refractivity contribution in [2.24, 2.45) is 0 Å². The lowest BCUT2D eigenvalue weighted by molar-refractivity contribution is -0.127. The molecule has 0 fully saturated rings. The summed E-state index contributed by atoms with van der Waals surface area (Å²) < 4.78 is 5.84. The number of rotatable bonds is 8. The number of amides is 1. The number of carbonyl (C=O) groups is 1. The van der Waals surface area contributed by atoms with E-state index in [9.17, 15) is 4.79 Å². The molecule has 2 aromatic rings. The highest BCUT2D eigenvalue weighted by Gasteiger charge is 2.19. The summed E-state index contributed by atoms with van der Waals surface area (Å²) in [6.45, 7) is 6.60. The summed E-state index contributed by atoms with van der Waals surface area (Å²) in [4.78, 5) is 14.6. The fourth-order valence-electron chi connectivity index (χ4n) is 2.82. The molecule has 1 N–H and O–H groups in total. The molecule has 2 rings (SSSR count). The molecular weight excluding hydrogens is 324 g/mol. The Labute approximate surface area is 157 Å². The number of benzene rings is 2. The maximum atomic E-state index is 12.5. The number of hydrogen-bond donors (Lipinski definition) is 1. The van der Waals surface area contributed by atoms with E-state index in [1.807, 2.05) is 50.5 Å². The highest BCUT2D eigenvalue weighted by atomic mass is 16.5. The monoisotopic (exact) mass is 354 g/mol. The molecule has 2 atom stereocenters. The molecule has 0 aliphatic rings. The van der Waals surface area contributed by atoms with Crippen LogP contribution < -0.4 is 10.1 Å². The molecule has 0 bridgehead atoms. The lowest BCUT2D eigenvalue weighted by Crippen LogP contribution is -2.41. The molecule has 0 aliphatic carbocycles. The molecule has 26 heavy (non-hydrogen) atoms. The van der Waals surface area contributed by atoms with Crippen molar-refractivity contribution in [2.75, 3.05) is 20.6 Å². The molecule has 0 spiro atoms. The zero-order valence-corrected chi connectivity index (χ0v) is 16.4. The Bertz CT molecular complexity index is 698. The van der Waals surface area contributed by atoms with Gasteiger partial charge in [0.2, 0.25) is 0 Å². The molecule has 0 heterocycles. The average Bonchev–Trinajstić information content (AvgIpc) is 2.62. The van der Waals surface area contributed by atoms with Crippen molar-refractivity contribution in [1.82, 2.24) is 10.2 Å². The third kappa shape index (κ3) is 5.60. The average molecular weight is 354 g/mol. The van der Waals surface area contributed by atoms with Gasteiger partial charge in [0.05, 0.1) is 6.04 Å². The van der Waals surface area contributed by atoms with Crippen molar-refractivity contribution < 1.29 is 9.53 Å². The Morgan fingerprint density at radius 2 is 1.65 bits per heavy atom. The van der Waals surface area contributed by atoms with Gasteiger partial charge in [-0.1, -0.05) is 56.3 Å². The van der Waals surface area contributed by atoms with Crippen molar-refractivity contribution in [3.63, 3.8) is 0 Å². The summed E-state index contributed by atoms with van der Waals surface area (Å²) in [5, 5.41) is 3.01. The predicted molar refractivity (Wildman–Crippen MR) is 107 cm³/mol. The van der Waals surface area contributed by atoms with E-state index in [1.54, 1.807) is 6.92 Å². The van der Waals surface area contributed by atoms with Crippen molar-refractivity contribution in [2.45, 2.75) is 38.8 Å². The molecule has 140 valence electrons. The number of ether oxygens (including phenoxy) is 1. The number of hydrogen-bond acceptors (Lipinski definition) is 3. The number of nitrogens with one attached hydrogen (secondary N) is 1. The van der Waals surface area contributed by atoms with Crippen LogP contribution in [0.4, 0.5) is 0 Å². The van der Waals surface area contributed by atoms with Gasteiger partial charge in [-0.2, -0.15) is 0 Å². The number of nitrogens with zero attached hydrogens (tertiary/aromatic N) is 1. The molecule has 4 nitrogen and oxygen atoms in total. The van der Waals surface area contributed by atoms with Gasteiger partial charge in [-0.3, -0.25) is 4.79 Å². The van der Waals surface area contributed by atoms with Crippen LogP contribution in [0.1, 0.15) is 43.9 Å². The summed E-state index contributed by atoms with van der Waals surface area (Å²) in [7, 11) is 4.03. The number of likely N-dealkylation sites (N-methyl/N-ethyl adjacent to an activating group) is 1. The fraction of sp³-hybridized carbons (Fsp3) is 0.409. The van der Waals surface area contributed by atoms with Gasteiger partial charge in [-0.05, 0) is 50.2 Å². The highest BCUT2D eigenvalue weighted by Crippen LogP contribution is 2.21. The first-order chi connectivity index (χ1) is 12.4. The van der Waals surface area contributed by atoms with E-state index in [0.717, 1.165) is 5.75 Å². The lowest BCUT2D eigenvalue weighted by Gasteiger charge is -2.26. The van der Waals surface area contributed by atoms with E-state index in [0.29, 0.717) is 12.5 Å². The van der Waals surface area contributed by atoms with Crippen molar-refractivity contribution in [3.8, 4) is 5.75 Å². The first-order valence-electron chi connectivity index (χ1n) is 9.14. The largest absolute Gasteiger partial charge is 0.481 e. The number of carbonyl (C=O) groups excluding carboxylic acids is 1. The normalized spacial score (nSPS) is 13.5. The molecule has 4 heteroatoms. The third-order valence-electron chi connectivity index (χ3n) is 4.48. The summed E-state index contributed by atoms with van der Waals surface area (Å²) in [6.07, 6.45) is -0.545. The van der Waals surface area contributed by atoms with Gasteiger partial charge in [0.15, 0.2) is 6.10 Å². The highest BCUT2D eigenvalue weighted by molar-refractivity contribution is 5.80. The van der Waals surface area contributed by atoms with Crippen LogP contribution in [-0.2, 0) is 4.79 Å². The zero-order valence-electron chi connectivity index (χ0n) is 16.4. The Kier molecular flexibility index (Phi) is 7.22. The minimum absolute atomic E-state index is 0.109. The minimum atomic E-state index is -0.545. The van der Waals surface area contributed by atoms with Crippen LogP contribution in [0.15, 0.2) is 54.6 Å². The fourth-order valence-corrected chi connectivity index (χ4v) is 2.82. The van der Waals surface area contributed by atoms with Gasteiger partial charge in [0.25, 0.3) is 5.91 Å². The van der Waals surface area contributed by atoms with Gasteiger partial charge in [-0.25, -0.2) is 0 Å². The SMILES string of the molecule is CC(Oc1cccc(C(C)C)c1)C(=O)NCC(c1ccccc1)N(C)C. The van der Waals surface area contributed by atoms with Crippen LogP contribution in [0, 0.1) is 0 Å². The molecular formula is C22H30N2O2. The van der Waals surface area contributed by atoms with Crippen LogP contribution >= 0.6 is 0 Å². The summed E-state index contributed by atoms with van der Waals surface area (Å²) in [5.41, 5.74) is 2.38. The smallest absolute Gasteiger partial charge is 0.260 e. The van der Waals surface area contributed by atoms with Gasteiger partial charge < -0.3 is 15.0 Å². The summed E-state index contributed by atoms with van der Waals surface area (Å²) >= 11 is 0. The first-order valence-corrected chi connectivity index (χ1v) is 9.14. The van der Waals surface area contributed by atoms with Gasteiger partial charge in [-0.15, -0.1) is 0 Å². The molecule has 0 saturated heterocycles. The van der Waals surface area contributed by atoms with Gasteiger partial charge >= 0.3 is 0 Å². The second kappa shape index (κ2) is 9.39. The van der Waals surface area contributed by atoms with E-state index >= 15 is 0 Å². The molecule has 2 unspecified atom stereocenters. The third-order valence-corrected chi connectivity index (χ3v) is 4.48. The molecule has 2 aromatic carbocycles. The van der Waals surface area contributed by atoms with E-state index in [2.05, 4.69) is 42.3 Å². The van der Waals surface area contributed by atoms with Crippen molar-refractivity contribution >= 4 is 5.91 Å². The quantitative estimate of drug-likeness (QED) is 0.779. The first kappa shape index (κ1) is 20.0. The van der Waals surface area contributed by atoms with Crippen LogP contribution in [-0.4, -0.2) is 37.6 Å². The molecule has 0 saturated carbocycles. The van der Waals surface area contributed by atoms with E-state index in [1.165, 1.54) is 11.1 Å². The Morgan fingerprint density at radius 1 is 1.00 bits per heavy atom. The van der Waals surface area contributed by atoms with Crippen LogP contribution in [0.25, 0.3) is 0 Å². The standard InChI is InChI=1S/C22H30N2O2/c1-16(2)19-12-9-13-20(14-19)26-17(3)22(25)23-15-21(24(4)5)18-10-7-6-8-11-18/h6-14,16-17,21H,15H2,1-5H3,(H,23,25). The molecule has 0 aliphatic heterocycles. The van der Waals surface area contributed by atoms with Crippen LogP contribution in [0.3, 0.4) is 0 Å². The summed E-state index contributed by atoms with van der Waals surface area (Å²) in [5.74, 6) is 1.04. The van der Waals surface area contributed by atoms with Gasteiger partial charge in [0.1, 0.15) is 5.75 Å². The maximum absolute atomic E-state index is 12.5. The molecule has 1 amide bonds. The summed E-state index contributed by atoms with van der Waals surface area (Å²) in [6, 6.07) is 18.2. The van der Waals surface area contributed by atoms with Crippen molar-refractivity contribution in [3.05, 3.63) is 65.7 Å². The Balaban J connectivity index is 1.95. The lowest BCUT2D eigenvalue weighted by atomic mass is 10.0. The van der Waals surface area contributed by atoms with Crippen LogP contribution in [0.5, 0.6) is 5.75 Å². The zero-order chi connectivity index (χ0) is 19.1. The predicted octanol–water partition coefficient (Wildman–Crippen LogP) is 4.00. The molecule has 0 radical (unpaired) electrons. The Morgan fingerprint density at radius 3 is 2.27 bits per heavy atom. The van der Waals surface area contributed by atoms with Crippen LogP contribution in [0.2, 0.25) is 0 Å². The van der Waals surface area contributed by atoms with E-state index in [4.69, 9.17) is 4.74 Å². The Hall–Kier alpha value is -2.33. The van der Waals surface area contributed by atoms with Crippen molar-refractivity contribution in [1.29, 1.82) is 0 Å². The van der Waals surface area contributed by atoms with Gasteiger partial charge in [0, 0.05) is 6.54 Å². The second-order valence-corrected chi connectivity index (χ2v) is 7.12. The second-order valence-electron chi connectivity index (χ2n) is 7.12. The van der Waals surface area contributed by atoms with E-state index < -0.39 is 6.10 Å². The minimum Gasteiger partial charge on any atom is -0.481 e. The maximum Gasteiger partial charge on any atom is 0.260 e. The topological polar surface area (TPSA) is 41.6 Å². The molecule has 0 aromatic heterocycles. The van der Waals surface area contributed by atoms with E-state index in [-0.39, 0.29) is 11.9 Å².